The third kappa shape index (κ3) is 6.04. The van der Waals surface area contributed by atoms with Gasteiger partial charge in [0.1, 0.15) is 0 Å². The van der Waals surface area contributed by atoms with Gasteiger partial charge < -0.3 is 14.6 Å². The highest BCUT2D eigenvalue weighted by atomic mass is 28.2. The zero-order valence-corrected chi connectivity index (χ0v) is 11.9. The maximum atomic E-state index is 12.6. The molecule has 0 heterocycles. The summed E-state index contributed by atoms with van der Waals surface area (Å²) >= 11 is 0. The van der Waals surface area contributed by atoms with Crippen LogP contribution in [0, 0.1) is 0 Å². The van der Waals surface area contributed by atoms with Crippen LogP contribution in [0.3, 0.4) is 0 Å². The predicted molar refractivity (Wildman–Crippen MR) is 62.8 cm³/mol. The molecule has 0 aliphatic heterocycles. The number of aliphatic hydroxyl groups is 2. The van der Waals surface area contributed by atoms with Crippen molar-refractivity contribution in [1.82, 2.24) is 0 Å². The van der Waals surface area contributed by atoms with Crippen LogP contribution in [0.15, 0.2) is 18.2 Å². The Balaban J connectivity index is 2.93. The number of halogens is 6. The molecule has 1 rings (SSSR count). The fraction of sp³-hybridized carbons (Fsp3) is 0.455. The van der Waals surface area contributed by atoms with Crippen LogP contribution in [0.1, 0.15) is 16.7 Å². The van der Waals surface area contributed by atoms with E-state index in [4.69, 9.17) is 10.2 Å². The smallest absolute Gasteiger partial charge is 0.379 e. The Morgan fingerprint density at radius 1 is 0.952 bits per heavy atom. The van der Waals surface area contributed by atoms with Crippen LogP contribution in [-0.4, -0.2) is 26.5 Å². The Morgan fingerprint density at radius 3 is 1.81 bits per heavy atom. The molecule has 0 aromatic heterocycles. The lowest BCUT2D eigenvalue weighted by molar-refractivity contribution is -0.180. The molecule has 3 nitrogen and oxygen atoms in total. The topological polar surface area (TPSA) is 49.7 Å². The van der Waals surface area contributed by atoms with Crippen LogP contribution >= 0.6 is 0 Å². The molecule has 2 N–H and O–H groups in total. The SMILES string of the molecule is OC(O)O[SiH2]CCc1cc(C(F)(F)F)cc(C(F)(F)F)c1. The standard InChI is InChI=1S/C11H12F6O3Si/c12-10(13,14)7-3-6(1-2-21-20-9(18)19)4-8(5-7)11(15,16)17/h3-5,9,18-19H,1-2,21H2. The highest BCUT2D eigenvalue weighted by molar-refractivity contribution is 6.27. The van der Waals surface area contributed by atoms with E-state index in [9.17, 15) is 26.3 Å². The molecule has 0 aliphatic rings. The van der Waals surface area contributed by atoms with Crippen molar-refractivity contribution in [3.63, 3.8) is 0 Å². The minimum Gasteiger partial charge on any atom is -0.379 e. The van der Waals surface area contributed by atoms with Crippen molar-refractivity contribution in [2.75, 3.05) is 0 Å². The lowest BCUT2D eigenvalue weighted by atomic mass is 10.0. The van der Waals surface area contributed by atoms with Gasteiger partial charge in [-0.05, 0) is 36.2 Å². The van der Waals surface area contributed by atoms with Crippen LogP contribution in [0.25, 0.3) is 0 Å². The Morgan fingerprint density at radius 2 is 1.43 bits per heavy atom. The second-order valence-electron chi connectivity index (χ2n) is 4.21. The van der Waals surface area contributed by atoms with Gasteiger partial charge in [0.25, 0.3) is 6.48 Å². The maximum Gasteiger partial charge on any atom is 0.416 e. The fourth-order valence-corrected chi connectivity index (χ4v) is 2.56. The average molecular weight is 334 g/mol. The molecular formula is C11H12F6O3Si. The molecule has 1 aromatic rings. The summed E-state index contributed by atoms with van der Waals surface area (Å²) < 4.78 is 79.9. The van der Waals surface area contributed by atoms with Crippen LogP contribution in [0.5, 0.6) is 0 Å². The number of rotatable bonds is 5. The first-order chi connectivity index (χ1) is 9.50. The molecule has 0 saturated carbocycles. The molecule has 0 atom stereocenters. The van der Waals surface area contributed by atoms with E-state index in [1.165, 1.54) is 0 Å². The molecule has 0 bridgehead atoms. The van der Waals surface area contributed by atoms with Crippen LogP contribution in [0.2, 0.25) is 6.04 Å². The van der Waals surface area contributed by atoms with E-state index in [1.54, 1.807) is 0 Å². The van der Waals surface area contributed by atoms with Crippen molar-refractivity contribution < 1.29 is 41.0 Å². The fourth-order valence-electron chi connectivity index (χ4n) is 1.63. The van der Waals surface area contributed by atoms with E-state index < -0.39 is 39.7 Å². The summed E-state index contributed by atoms with van der Waals surface area (Å²) in [7, 11) is -1.44. The van der Waals surface area contributed by atoms with Crippen LogP contribution < -0.4 is 0 Å². The summed E-state index contributed by atoms with van der Waals surface area (Å²) in [4.78, 5) is 0. The van der Waals surface area contributed by atoms with Gasteiger partial charge in [0.05, 0.1) is 11.1 Å². The molecule has 120 valence electrons. The number of benzene rings is 1. The second kappa shape index (κ2) is 6.77. The van der Waals surface area contributed by atoms with Crippen molar-refractivity contribution >= 4 is 9.76 Å². The van der Waals surface area contributed by atoms with Crippen molar-refractivity contribution in [1.29, 1.82) is 0 Å². The molecule has 1 aromatic carbocycles. The number of hydrogen-bond donors (Lipinski definition) is 2. The zero-order valence-electron chi connectivity index (χ0n) is 10.5. The van der Waals surface area contributed by atoms with E-state index in [2.05, 4.69) is 4.43 Å². The molecule has 10 heteroatoms. The Kier molecular flexibility index (Phi) is 5.79. The Bertz CT molecular complexity index is 440. The Labute approximate surface area is 118 Å². The molecule has 0 unspecified atom stereocenters. The van der Waals surface area contributed by atoms with Gasteiger partial charge in [-0.1, -0.05) is 0 Å². The lowest BCUT2D eigenvalue weighted by Crippen LogP contribution is -2.14. The average Bonchev–Trinajstić information content (AvgIpc) is 2.32. The normalized spacial score (nSPS) is 13.6. The van der Waals surface area contributed by atoms with Crippen molar-refractivity contribution in [2.24, 2.45) is 0 Å². The molecule has 0 amide bonds. The second-order valence-corrected chi connectivity index (χ2v) is 5.66. The number of aryl methyl sites for hydroxylation is 1. The molecule has 0 radical (unpaired) electrons. The van der Waals surface area contributed by atoms with Crippen LogP contribution in [0.4, 0.5) is 26.3 Å². The third-order valence-electron chi connectivity index (χ3n) is 2.52. The molecule has 0 fully saturated rings. The molecular weight excluding hydrogens is 322 g/mol. The lowest BCUT2D eigenvalue weighted by Gasteiger charge is -2.14. The maximum absolute atomic E-state index is 12.6. The highest BCUT2D eigenvalue weighted by Gasteiger charge is 2.36. The molecule has 0 aliphatic carbocycles. The molecule has 21 heavy (non-hydrogen) atoms. The predicted octanol–water partition coefficient (Wildman–Crippen LogP) is 2.05. The summed E-state index contributed by atoms with van der Waals surface area (Å²) in [5.74, 6) is 0. The van der Waals surface area contributed by atoms with E-state index in [1.807, 2.05) is 0 Å². The summed E-state index contributed by atoms with van der Waals surface area (Å²) in [5, 5.41) is 16.8. The highest BCUT2D eigenvalue weighted by Crippen LogP contribution is 2.36. The van der Waals surface area contributed by atoms with Crippen LogP contribution in [-0.2, 0) is 23.2 Å². The zero-order chi connectivity index (χ0) is 16.3. The van der Waals surface area contributed by atoms with Crippen molar-refractivity contribution in [3.05, 3.63) is 34.9 Å². The summed E-state index contributed by atoms with van der Waals surface area (Å²) in [6.45, 7) is -1.97. The summed E-state index contributed by atoms with van der Waals surface area (Å²) in [6, 6.07) is 1.54. The number of aliphatic hydroxyl groups excluding tert-OH is 1. The quantitative estimate of drug-likeness (QED) is 0.375. The van der Waals surface area contributed by atoms with Gasteiger partial charge in [0.15, 0.2) is 9.76 Å². The van der Waals surface area contributed by atoms with Gasteiger partial charge in [-0.25, -0.2) is 0 Å². The first-order valence-corrected chi connectivity index (χ1v) is 7.34. The Hall–Kier alpha value is -1.10. The monoisotopic (exact) mass is 334 g/mol. The minimum atomic E-state index is -4.87. The van der Waals surface area contributed by atoms with Gasteiger partial charge in [-0.15, -0.1) is 0 Å². The molecule has 0 spiro atoms. The first kappa shape index (κ1) is 17.9. The number of alkyl halides is 6. The first-order valence-electron chi connectivity index (χ1n) is 5.76. The third-order valence-corrected chi connectivity index (χ3v) is 3.70. The van der Waals surface area contributed by atoms with E-state index >= 15 is 0 Å². The van der Waals surface area contributed by atoms with E-state index in [0.717, 1.165) is 0 Å². The van der Waals surface area contributed by atoms with Gasteiger partial charge in [0, 0.05) is 0 Å². The van der Waals surface area contributed by atoms with E-state index in [-0.39, 0.29) is 24.1 Å². The van der Waals surface area contributed by atoms with E-state index in [0.29, 0.717) is 12.1 Å². The largest absolute Gasteiger partial charge is 0.416 e. The molecule has 0 saturated heterocycles. The summed E-state index contributed by atoms with van der Waals surface area (Å²) in [5.41, 5.74) is -2.85. The number of hydrogen-bond acceptors (Lipinski definition) is 3. The van der Waals surface area contributed by atoms with Gasteiger partial charge in [-0.3, -0.25) is 0 Å². The minimum absolute atomic E-state index is 0.0635. The summed E-state index contributed by atoms with van der Waals surface area (Å²) in [6.07, 6.45) is -9.80. The van der Waals surface area contributed by atoms with Gasteiger partial charge in [-0.2, -0.15) is 26.3 Å². The van der Waals surface area contributed by atoms with Crippen molar-refractivity contribution in [3.8, 4) is 0 Å². The van der Waals surface area contributed by atoms with Crippen molar-refractivity contribution in [2.45, 2.75) is 31.3 Å². The van der Waals surface area contributed by atoms with Gasteiger partial charge in [0.2, 0.25) is 0 Å². The van der Waals surface area contributed by atoms with Gasteiger partial charge >= 0.3 is 12.4 Å².